The Morgan fingerprint density at radius 2 is 2.16 bits per heavy atom. The van der Waals surface area contributed by atoms with Crippen LogP contribution in [0.4, 0.5) is 5.69 Å². The molecule has 1 aromatic carbocycles. The first kappa shape index (κ1) is 12.8. The first-order valence-corrected chi connectivity index (χ1v) is 7.28. The van der Waals surface area contributed by atoms with Crippen LogP contribution < -0.4 is 10.5 Å². The van der Waals surface area contributed by atoms with Gasteiger partial charge in [-0.05, 0) is 49.8 Å². The summed E-state index contributed by atoms with van der Waals surface area (Å²) >= 11 is 0. The molecule has 1 fully saturated rings. The quantitative estimate of drug-likeness (QED) is 0.846. The Morgan fingerprint density at radius 1 is 1.37 bits per heavy atom. The van der Waals surface area contributed by atoms with Gasteiger partial charge in [-0.2, -0.15) is 0 Å². The van der Waals surface area contributed by atoms with Crippen molar-refractivity contribution in [1.82, 2.24) is 4.90 Å². The van der Waals surface area contributed by atoms with Crippen LogP contribution in [0.1, 0.15) is 37.3 Å². The van der Waals surface area contributed by atoms with Crippen LogP contribution in [0.2, 0.25) is 0 Å². The second kappa shape index (κ2) is 4.71. The Balaban J connectivity index is 1.72. The van der Waals surface area contributed by atoms with E-state index in [2.05, 4.69) is 24.9 Å². The first-order chi connectivity index (χ1) is 9.06. The average molecular weight is 260 g/mol. The van der Waals surface area contributed by atoms with Crippen molar-refractivity contribution in [3.63, 3.8) is 0 Å². The molecule has 0 bridgehead atoms. The van der Waals surface area contributed by atoms with Crippen LogP contribution >= 0.6 is 0 Å². The maximum Gasteiger partial charge on any atom is 0.124 e. The lowest BCUT2D eigenvalue weighted by Gasteiger charge is -2.27. The SMILES string of the molecule is CN1CCc2c(cc(N)cc2OCCC2(C)CC2)C1. The van der Waals surface area contributed by atoms with Crippen LogP contribution in [0.25, 0.3) is 0 Å². The van der Waals surface area contributed by atoms with Gasteiger partial charge in [-0.1, -0.05) is 6.92 Å². The van der Waals surface area contributed by atoms with Gasteiger partial charge in [0.15, 0.2) is 0 Å². The van der Waals surface area contributed by atoms with E-state index in [-0.39, 0.29) is 0 Å². The minimum Gasteiger partial charge on any atom is -0.493 e. The van der Waals surface area contributed by atoms with Crippen molar-refractivity contribution in [2.24, 2.45) is 5.41 Å². The van der Waals surface area contributed by atoms with Crippen LogP contribution in [0, 0.1) is 5.41 Å². The van der Waals surface area contributed by atoms with E-state index in [1.54, 1.807) is 0 Å². The monoisotopic (exact) mass is 260 g/mol. The van der Waals surface area contributed by atoms with Crippen LogP contribution in [0.3, 0.4) is 0 Å². The molecule has 1 aliphatic heterocycles. The summed E-state index contributed by atoms with van der Waals surface area (Å²) in [5.74, 6) is 1.02. The summed E-state index contributed by atoms with van der Waals surface area (Å²) in [5.41, 5.74) is 10.1. The number of fused-ring (bicyclic) bond motifs is 1. The largest absolute Gasteiger partial charge is 0.493 e. The van der Waals surface area contributed by atoms with Gasteiger partial charge in [0, 0.05) is 30.4 Å². The summed E-state index contributed by atoms with van der Waals surface area (Å²) in [6.45, 7) is 5.25. The van der Waals surface area contributed by atoms with Gasteiger partial charge in [0.1, 0.15) is 5.75 Å². The highest BCUT2D eigenvalue weighted by molar-refractivity contribution is 5.54. The number of nitrogens with zero attached hydrogens (tertiary/aromatic N) is 1. The number of hydrogen-bond acceptors (Lipinski definition) is 3. The fourth-order valence-electron chi connectivity index (χ4n) is 2.82. The molecule has 1 aliphatic carbocycles. The molecule has 3 rings (SSSR count). The van der Waals surface area contributed by atoms with Gasteiger partial charge in [-0.3, -0.25) is 0 Å². The van der Waals surface area contributed by atoms with E-state index in [0.29, 0.717) is 5.41 Å². The van der Waals surface area contributed by atoms with Crippen molar-refractivity contribution < 1.29 is 4.74 Å². The van der Waals surface area contributed by atoms with Crippen molar-refractivity contribution in [2.75, 3.05) is 25.9 Å². The van der Waals surface area contributed by atoms with Crippen LogP contribution in [0.5, 0.6) is 5.75 Å². The van der Waals surface area contributed by atoms with Crippen molar-refractivity contribution in [2.45, 2.75) is 39.2 Å². The lowest BCUT2D eigenvalue weighted by atomic mass is 9.98. The molecule has 1 saturated carbocycles. The van der Waals surface area contributed by atoms with Crippen molar-refractivity contribution in [1.29, 1.82) is 0 Å². The van der Waals surface area contributed by atoms with E-state index in [4.69, 9.17) is 10.5 Å². The fraction of sp³-hybridized carbons (Fsp3) is 0.625. The maximum atomic E-state index is 6.04. The predicted molar refractivity (Wildman–Crippen MR) is 78.3 cm³/mol. The predicted octanol–water partition coefficient (Wildman–Crippen LogP) is 2.83. The highest BCUT2D eigenvalue weighted by atomic mass is 16.5. The van der Waals surface area contributed by atoms with Crippen molar-refractivity contribution in [3.8, 4) is 5.75 Å². The third kappa shape index (κ3) is 2.86. The van der Waals surface area contributed by atoms with Crippen LogP contribution in [-0.4, -0.2) is 25.1 Å². The highest BCUT2D eigenvalue weighted by Crippen LogP contribution is 2.48. The molecule has 3 nitrogen and oxygen atoms in total. The highest BCUT2D eigenvalue weighted by Gasteiger charge is 2.36. The number of benzene rings is 1. The molecule has 0 aromatic heterocycles. The lowest BCUT2D eigenvalue weighted by molar-refractivity contribution is 0.265. The minimum absolute atomic E-state index is 0.556. The summed E-state index contributed by atoms with van der Waals surface area (Å²) in [5, 5.41) is 0. The number of ether oxygens (including phenoxy) is 1. The van der Waals surface area contributed by atoms with Crippen LogP contribution in [0.15, 0.2) is 12.1 Å². The standard InChI is InChI=1S/C16H24N2O/c1-16(4-5-16)6-8-19-15-10-13(17)9-12-11-18(2)7-3-14(12)15/h9-10H,3-8,11,17H2,1-2H3. The Hall–Kier alpha value is -1.22. The Morgan fingerprint density at radius 3 is 2.89 bits per heavy atom. The molecule has 0 unspecified atom stereocenters. The third-order valence-corrected chi connectivity index (χ3v) is 4.57. The van der Waals surface area contributed by atoms with E-state index in [0.717, 1.165) is 44.0 Å². The minimum atomic E-state index is 0.556. The van der Waals surface area contributed by atoms with Crippen LogP contribution in [-0.2, 0) is 13.0 Å². The molecule has 0 amide bonds. The van der Waals surface area contributed by atoms with Crippen molar-refractivity contribution >= 4 is 5.69 Å². The second-order valence-corrected chi connectivity index (χ2v) is 6.55. The zero-order valence-corrected chi connectivity index (χ0v) is 12.0. The second-order valence-electron chi connectivity index (χ2n) is 6.55. The number of nitrogens with two attached hydrogens (primary N) is 1. The maximum absolute atomic E-state index is 6.04. The van der Waals surface area contributed by atoms with E-state index < -0.39 is 0 Å². The summed E-state index contributed by atoms with van der Waals surface area (Å²) in [7, 11) is 2.15. The normalized spacial score (nSPS) is 20.9. The molecule has 3 heteroatoms. The Kier molecular flexibility index (Phi) is 3.17. The molecule has 0 radical (unpaired) electrons. The van der Waals surface area contributed by atoms with Gasteiger partial charge >= 0.3 is 0 Å². The number of anilines is 1. The summed E-state index contributed by atoms with van der Waals surface area (Å²) in [6, 6.07) is 4.10. The number of hydrogen-bond donors (Lipinski definition) is 1. The molecule has 1 heterocycles. The molecule has 104 valence electrons. The van der Waals surface area contributed by atoms with E-state index in [1.807, 2.05) is 6.07 Å². The molecule has 0 atom stereocenters. The molecule has 2 aliphatic rings. The fourth-order valence-corrected chi connectivity index (χ4v) is 2.82. The molecular formula is C16H24N2O. The number of rotatable bonds is 4. The molecule has 2 N–H and O–H groups in total. The number of likely N-dealkylation sites (N-methyl/N-ethyl adjacent to an activating group) is 1. The first-order valence-electron chi connectivity index (χ1n) is 7.28. The van der Waals surface area contributed by atoms with Gasteiger partial charge in [0.25, 0.3) is 0 Å². The third-order valence-electron chi connectivity index (χ3n) is 4.57. The topological polar surface area (TPSA) is 38.5 Å². The van der Waals surface area contributed by atoms with E-state index >= 15 is 0 Å². The smallest absolute Gasteiger partial charge is 0.124 e. The van der Waals surface area contributed by atoms with E-state index in [1.165, 1.54) is 24.0 Å². The summed E-state index contributed by atoms with van der Waals surface area (Å²) in [4.78, 5) is 2.33. The Labute approximate surface area is 115 Å². The lowest BCUT2D eigenvalue weighted by Crippen LogP contribution is -2.27. The molecule has 19 heavy (non-hydrogen) atoms. The zero-order chi connectivity index (χ0) is 13.5. The van der Waals surface area contributed by atoms with Gasteiger partial charge in [-0.15, -0.1) is 0 Å². The Bertz CT molecular complexity index is 480. The molecule has 0 spiro atoms. The average Bonchev–Trinajstić information content (AvgIpc) is 3.06. The van der Waals surface area contributed by atoms with Gasteiger partial charge < -0.3 is 15.4 Å². The van der Waals surface area contributed by atoms with Crippen molar-refractivity contribution in [3.05, 3.63) is 23.3 Å². The van der Waals surface area contributed by atoms with Gasteiger partial charge in [0.2, 0.25) is 0 Å². The number of nitrogen functional groups attached to an aromatic ring is 1. The summed E-state index contributed by atoms with van der Waals surface area (Å²) in [6.07, 6.45) is 4.95. The van der Waals surface area contributed by atoms with E-state index in [9.17, 15) is 0 Å². The molecule has 0 saturated heterocycles. The zero-order valence-electron chi connectivity index (χ0n) is 12.0. The summed E-state index contributed by atoms with van der Waals surface area (Å²) < 4.78 is 6.04. The molecule has 1 aromatic rings. The molecular weight excluding hydrogens is 236 g/mol. The van der Waals surface area contributed by atoms with Gasteiger partial charge in [-0.25, -0.2) is 0 Å². The van der Waals surface area contributed by atoms with Gasteiger partial charge in [0.05, 0.1) is 6.61 Å².